The van der Waals surface area contributed by atoms with Crippen molar-refractivity contribution in [3.05, 3.63) is 119 Å². The number of benzene rings is 4. The number of nitro groups is 2. The van der Waals surface area contributed by atoms with Gasteiger partial charge in [-0.25, -0.2) is 0 Å². The van der Waals surface area contributed by atoms with E-state index in [0.717, 1.165) is 11.1 Å². The van der Waals surface area contributed by atoms with E-state index in [4.69, 9.17) is 0 Å². The Kier molecular flexibility index (Phi) is 7.23. The predicted octanol–water partition coefficient (Wildman–Crippen LogP) is 7.58. The average Bonchev–Trinajstić information content (AvgIpc) is 2.82. The zero-order chi connectivity index (χ0) is 24.2. The molecule has 4 rings (SSSR count). The quantitative estimate of drug-likeness (QED) is 0.170. The monoisotopic (exact) mass is 583 g/mol. The minimum Gasteiger partial charge on any atom is -0.374 e. The lowest BCUT2D eigenvalue weighted by Crippen LogP contribution is -2.06. The smallest absolute Gasteiger partial charge is 0.301 e. The zero-order valence-corrected chi connectivity index (χ0v) is 21.0. The first-order valence-corrected chi connectivity index (χ1v) is 12.0. The molecule has 9 heteroatoms. The fourth-order valence-corrected chi connectivity index (χ4v) is 5.16. The number of hydrogen-bond acceptors (Lipinski definition) is 5. The standard InChI is InChI=1S/C25H19Br2N3O4/c26-21-13-20-19(24(29(31)32)18(21)12-11-16-7-3-1-4-8-16)14-22(27)23(25(20)30(33)34)28-15-17-9-5-2-6-10-17/h1-10,13-14,28H,11-12,15H2. The van der Waals surface area contributed by atoms with Gasteiger partial charge in [-0.15, -0.1) is 0 Å². The molecule has 0 saturated carbocycles. The molecule has 172 valence electrons. The third-order valence-corrected chi connectivity index (χ3v) is 6.91. The fourth-order valence-electron chi connectivity index (χ4n) is 3.99. The van der Waals surface area contributed by atoms with Crippen molar-refractivity contribution < 1.29 is 9.85 Å². The van der Waals surface area contributed by atoms with Gasteiger partial charge in [0, 0.05) is 21.1 Å². The summed E-state index contributed by atoms with van der Waals surface area (Å²) in [7, 11) is 0. The molecule has 0 atom stereocenters. The van der Waals surface area contributed by atoms with E-state index < -0.39 is 9.85 Å². The van der Waals surface area contributed by atoms with Gasteiger partial charge in [-0.05, 0) is 52.0 Å². The van der Waals surface area contributed by atoms with Crippen molar-refractivity contribution in [2.45, 2.75) is 19.4 Å². The molecule has 0 spiro atoms. The molecule has 0 amide bonds. The number of anilines is 1. The molecule has 0 aliphatic heterocycles. The van der Waals surface area contributed by atoms with Gasteiger partial charge in [0.2, 0.25) is 0 Å². The first kappa shape index (κ1) is 23.8. The van der Waals surface area contributed by atoms with Gasteiger partial charge in [0.1, 0.15) is 5.69 Å². The maximum atomic E-state index is 12.2. The summed E-state index contributed by atoms with van der Waals surface area (Å²) in [6.07, 6.45) is 1.02. The van der Waals surface area contributed by atoms with Crippen LogP contribution >= 0.6 is 31.9 Å². The maximum absolute atomic E-state index is 12.2. The van der Waals surface area contributed by atoms with E-state index in [9.17, 15) is 20.2 Å². The number of hydrogen-bond donors (Lipinski definition) is 1. The molecular formula is C25H19Br2N3O4. The van der Waals surface area contributed by atoms with Gasteiger partial charge in [0.05, 0.1) is 20.6 Å². The van der Waals surface area contributed by atoms with Crippen LogP contribution in [0.5, 0.6) is 0 Å². The van der Waals surface area contributed by atoms with Crippen LogP contribution in [0.4, 0.5) is 17.1 Å². The first-order valence-electron chi connectivity index (χ1n) is 10.4. The molecule has 0 aliphatic rings. The van der Waals surface area contributed by atoms with E-state index in [1.165, 1.54) is 0 Å². The zero-order valence-electron chi connectivity index (χ0n) is 17.8. The summed E-state index contributed by atoms with van der Waals surface area (Å²) < 4.78 is 0.865. The predicted molar refractivity (Wildman–Crippen MR) is 140 cm³/mol. The Labute approximate surface area is 212 Å². The van der Waals surface area contributed by atoms with Crippen LogP contribution in [0.3, 0.4) is 0 Å². The Morgan fingerprint density at radius 3 is 1.82 bits per heavy atom. The summed E-state index contributed by atoms with van der Waals surface area (Å²) in [4.78, 5) is 23.4. The van der Waals surface area contributed by atoms with Crippen LogP contribution in [0.2, 0.25) is 0 Å². The molecule has 7 nitrogen and oxygen atoms in total. The topological polar surface area (TPSA) is 98.3 Å². The number of nitrogens with zero attached hydrogens (tertiary/aromatic N) is 2. The van der Waals surface area contributed by atoms with Crippen LogP contribution in [0.15, 0.2) is 81.7 Å². The van der Waals surface area contributed by atoms with Crippen molar-refractivity contribution in [2.24, 2.45) is 0 Å². The number of nitro benzene ring substituents is 2. The normalized spacial score (nSPS) is 10.9. The Hall–Kier alpha value is -3.30. The van der Waals surface area contributed by atoms with Crippen LogP contribution in [0.25, 0.3) is 10.8 Å². The van der Waals surface area contributed by atoms with E-state index >= 15 is 0 Å². The molecule has 1 N–H and O–H groups in total. The minimum absolute atomic E-state index is 0.126. The van der Waals surface area contributed by atoms with Crippen LogP contribution in [0.1, 0.15) is 16.7 Å². The highest BCUT2D eigenvalue weighted by atomic mass is 79.9. The third-order valence-electron chi connectivity index (χ3n) is 5.58. The Morgan fingerprint density at radius 1 is 0.706 bits per heavy atom. The number of aryl methyl sites for hydroxylation is 1. The van der Waals surface area contributed by atoms with E-state index in [1.54, 1.807) is 12.1 Å². The van der Waals surface area contributed by atoms with Gasteiger partial charge in [-0.3, -0.25) is 20.2 Å². The second kappa shape index (κ2) is 10.3. The lowest BCUT2D eigenvalue weighted by atomic mass is 9.97. The van der Waals surface area contributed by atoms with Crippen molar-refractivity contribution in [2.75, 3.05) is 5.32 Å². The summed E-state index contributed by atoms with van der Waals surface area (Å²) in [6.45, 7) is 0.365. The van der Waals surface area contributed by atoms with Crippen molar-refractivity contribution in [3.8, 4) is 0 Å². The van der Waals surface area contributed by atoms with Crippen molar-refractivity contribution >= 4 is 59.7 Å². The molecule has 4 aromatic rings. The van der Waals surface area contributed by atoms with E-state index in [1.807, 2.05) is 60.7 Å². The van der Waals surface area contributed by atoms with Crippen LogP contribution in [0, 0.1) is 20.2 Å². The van der Waals surface area contributed by atoms with Gasteiger partial charge in [0.25, 0.3) is 5.69 Å². The Bertz CT molecular complexity index is 1270. The van der Waals surface area contributed by atoms with E-state index in [-0.39, 0.29) is 27.8 Å². The molecule has 0 fully saturated rings. The number of halogens is 2. The molecule has 0 radical (unpaired) electrons. The van der Waals surface area contributed by atoms with Gasteiger partial charge in [-0.2, -0.15) is 0 Å². The highest BCUT2D eigenvalue weighted by Crippen LogP contribution is 2.46. The number of rotatable bonds is 8. The van der Waals surface area contributed by atoms with Gasteiger partial charge in [-0.1, -0.05) is 76.6 Å². The second-order valence-electron chi connectivity index (χ2n) is 7.70. The summed E-state index contributed by atoms with van der Waals surface area (Å²) in [5.41, 5.74) is 2.45. The lowest BCUT2D eigenvalue weighted by Gasteiger charge is -2.14. The molecule has 0 unspecified atom stereocenters. The highest BCUT2D eigenvalue weighted by Gasteiger charge is 2.30. The number of nitrogens with one attached hydrogen (secondary N) is 1. The fraction of sp³-hybridized carbons (Fsp3) is 0.120. The van der Waals surface area contributed by atoms with E-state index in [2.05, 4.69) is 37.2 Å². The lowest BCUT2D eigenvalue weighted by molar-refractivity contribution is -0.384. The summed E-state index contributed by atoms with van der Waals surface area (Å²) in [5, 5.41) is 27.9. The molecule has 0 aromatic heterocycles. The minimum atomic E-state index is -0.500. The molecule has 0 bridgehead atoms. The van der Waals surface area contributed by atoms with Gasteiger partial charge >= 0.3 is 5.69 Å². The maximum Gasteiger partial charge on any atom is 0.301 e. The number of fused-ring (bicyclic) bond motifs is 1. The summed E-state index contributed by atoms with van der Waals surface area (Å²) in [6, 6.07) is 22.4. The Balaban J connectivity index is 1.83. The molecule has 0 saturated heterocycles. The van der Waals surface area contributed by atoms with Crippen molar-refractivity contribution in [3.63, 3.8) is 0 Å². The molecule has 0 heterocycles. The van der Waals surface area contributed by atoms with Crippen LogP contribution < -0.4 is 5.32 Å². The third kappa shape index (κ3) is 4.95. The largest absolute Gasteiger partial charge is 0.374 e. The Morgan fingerprint density at radius 2 is 1.24 bits per heavy atom. The average molecular weight is 585 g/mol. The summed E-state index contributed by atoms with van der Waals surface area (Å²) >= 11 is 6.86. The molecular weight excluding hydrogens is 566 g/mol. The van der Waals surface area contributed by atoms with Crippen molar-refractivity contribution in [1.82, 2.24) is 0 Å². The van der Waals surface area contributed by atoms with Gasteiger partial charge in [0.15, 0.2) is 0 Å². The molecule has 34 heavy (non-hydrogen) atoms. The first-order chi connectivity index (χ1) is 16.4. The molecule has 0 aliphatic carbocycles. The SMILES string of the molecule is O=[N+]([O-])c1c(CCc2ccccc2)c(Br)cc2c([N+](=O)[O-])c(NCc3ccccc3)c(Br)cc12. The molecule has 4 aromatic carbocycles. The van der Waals surface area contributed by atoms with Crippen LogP contribution in [-0.4, -0.2) is 9.85 Å². The van der Waals surface area contributed by atoms with E-state index in [0.29, 0.717) is 33.9 Å². The second-order valence-corrected chi connectivity index (χ2v) is 9.41. The van der Waals surface area contributed by atoms with Crippen molar-refractivity contribution in [1.29, 1.82) is 0 Å². The van der Waals surface area contributed by atoms with Gasteiger partial charge < -0.3 is 5.32 Å². The van der Waals surface area contributed by atoms with Crippen LogP contribution in [-0.2, 0) is 19.4 Å². The summed E-state index contributed by atoms with van der Waals surface area (Å²) in [5.74, 6) is 0. The highest BCUT2D eigenvalue weighted by molar-refractivity contribution is 9.11.